The number of hydrogen-bond acceptors (Lipinski definition) is 3. The molecule has 0 unspecified atom stereocenters. The lowest BCUT2D eigenvalue weighted by molar-refractivity contribution is 0.582. The summed E-state index contributed by atoms with van der Waals surface area (Å²) in [6.07, 6.45) is 3.49. The third-order valence-electron chi connectivity index (χ3n) is 3.44. The fourth-order valence-electron chi connectivity index (χ4n) is 2.44. The molecule has 0 amide bonds. The minimum Gasteiger partial charge on any atom is -0.464 e. The number of furan rings is 1. The fourth-order valence-corrected chi connectivity index (χ4v) is 2.44. The van der Waals surface area contributed by atoms with Gasteiger partial charge in [0.15, 0.2) is 0 Å². The summed E-state index contributed by atoms with van der Waals surface area (Å²) < 4.78 is 5.52. The van der Waals surface area contributed by atoms with Crippen LogP contribution in [0.2, 0.25) is 0 Å². The molecule has 21 heavy (non-hydrogen) atoms. The van der Waals surface area contributed by atoms with Gasteiger partial charge in [-0.2, -0.15) is 0 Å². The third kappa shape index (κ3) is 2.09. The number of nitrogens with zero attached hydrogens (tertiary/aromatic N) is 2. The van der Waals surface area contributed by atoms with Gasteiger partial charge in [-0.1, -0.05) is 36.4 Å². The second-order valence-electron chi connectivity index (χ2n) is 4.77. The van der Waals surface area contributed by atoms with Gasteiger partial charge < -0.3 is 4.42 Å². The Kier molecular flexibility index (Phi) is 2.75. The van der Waals surface area contributed by atoms with Gasteiger partial charge in [0, 0.05) is 11.1 Å². The first-order valence-electron chi connectivity index (χ1n) is 6.77. The molecule has 0 saturated carbocycles. The SMILES string of the molecule is c1coc(-c2ccccc2-c2cnc3ccccc3n2)c1. The third-order valence-corrected chi connectivity index (χ3v) is 3.44. The van der Waals surface area contributed by atoms with E-state index in [1.807, 2.05) is 66.9 Å². The van der Waals surface area contributed by atoms with Gasteiger partial charge in [-0.05, 0) is 24.3 Å². The van der Waals surface area contributed by atoms with Gasteiger partial charge in [-0.3, -0.25) is 4.98 Å². The van der Waals surface area contributed by atoms with Crippen LogP contribution in [0.25, 0.3) is 33.6 Å². The summed E-state index contributed by atoms with van der Waals surface area (Å²) >= 11 is 0. The molecule has 2 aromatic heterocycles. The van der Waals surface area contributed by atoms with E-state index in [0.29, 0.717) is 0 Å². The largest absolute Gasteiger partial charge is 0.464 e. The fraction of sp³-hybridized carbons (Fsp3) is 0. The summed E-state index contributed by atoms with van der Waals surface area (Å²) in [6, 6.07) is 19.8. The van der Waals surface area contributed by atoms with Crippen molar-refractivity contribution in [3.8, 4) is 22.6 Å². The molecule has 0 saturated heterocycles. The van der Waals surface area contributed by atoms with Crippen LogP contribution in [0.4, 0.5) is 0 Å². The molecule has 0 radical (unpaired) electrons. The van der Waals surface area contributed by atoms with Gasteiger partial charge >= 0.3 is 0 Å². The molecule has 100 valence electrons. The first kappa shape index (κ1) is 11.9. The van der Waals surface area contributed by atoms with Crippen molar-refractivity contribution in [1.29, 1.82) is 0 Å². The Labute approximate surface area is 121 Å². The monoisotopic (exact) mass is 272 g/mol. The summed E-state index contributed by atoms with van der Waals surface area (Å²) in [5.41, 5.74) is 4.68. The molecular formula is C18H12N2O. The minimum atomic E-state index is 0.834. The molecule has 0 bridgehead atoms. The summed E-state index contributed by atoms with van der Waals surface area (Å²) in [7, 11) is 0. The number of rotatable bonds is 2. The maximum atomic E-state index is 5.52. The van der Waals surface area contributed by atoms with E-state index in [1.165, 1.54) is 0 Å². The van der Waals surface area contributed by atoms with E-state index >= 15 is 0 Å². The molecule has 0 aliphatic heterocycles. The van der Waals surface area contributed by atoms with Crippen molar-refractivity contribution in [2.75, 3.05) is 0 Å². The van der Waals surface area contributed by atoms with E-state index in [4.69, 9.17) is 9.40 Å². The molecule has 0 aliphatic carbocycles. The van der Waals surface area contributed by atoms with Crippen molar-refractivity contribution in [2.24, 2.45) is 0 Å². The first-order valence-corrected chi connectivity index (χ1v) is 6.77. The molecule has 3 heteroatoms. The lowest BCUT2D eigenvalue weighted by atomic mass is 10.0. The van der Waals surface area contributed by atoms with Crippen molar-refractivity contribution in [1.82, 2.24) is 9.97 Å². The highest BCUT2D eigenvalue weighted by atomic mass is 16.3. The van der Waals surface area contributed by atoms with Crippen molar-refractivity contribution < 1.29 is 4.42 Å². The van der Waals surface area contributed by atoms with Gasteiger partial charge in [0.2, 0.25) is 0 Å². The van der Waals surface area contributed by atoms with E-state index in [0.717, 1.165) is 33.6 Å². The van der Waals surface area contributed by atoms with Gasteiger partial charge in [-0.15, -0.1) is 0 Å². The Morgan fingerprint density at radius 3 is 2.29 bits per heavy atom. The molecule has 4 rings (SSSR count). The molecule has 4 aromatic rings. The van der Waals surface area contributed by atoms with E-state index in [1.54, 1.807) is 6.26 Å². The molecule has 0 fully saturated rings. The highest BCUT2D eigenvalue weighted by Gasteiger charge is 2.10. The zero-order valence-corrected chi connectivity index (χ0v) is 11.2. The zero-order chi connectivity index (χ0) is 14.1. The van der Waals surface area contributed by atoms with Crippen LogP contribution in [-0.2, 0) is 0 Å². The summed E-state index contributed by atoms with van der Waals surface area (Å²) in [6.45, 7) is 0. The van der Waals surface area contributed by atoms with Crippen LogP contribution in [0, 0.1) is 0 Å². The van der Waals surface area contributed by atoms with Crippen molar-refractivity contribution in [3.05, 3.63) is 73.1 Å². The molecule has 2 aromatic carbocycles. The summed E-state index contributed by atoms with van der Waals surface area (Å²) in [5, 5.41) is 0. The van der Waals surface area contributed by atoms with E-state index in [9.17, 15) is 0 Å². The van der Waals surface area contributed by atoms with E-state index in [2.05, 4.69) is 4.98 Å². The number of para-hydroxylation sites is 2. The van der Waals surface area contributed by atoms with E-state index < -0.39 is 0 Å². The summed E-state index contributed by atoms with van der Waals surface area (Å²) in [4.78, 5) is 9.20. The Balaban J connectivity index is 1.93. The standard InChI is InChI=1S/C18H12N2O/c1-2-7-14(18-10-5-11-21-18)13(6-1)17-12-19-15-8-3-4-9-16(15)20-17/h1-12H. The van der Waals surface area contributed by atoms with Crippen LogP contribution in [0.5, 0.6) is 0 Å². The van der Waals surface area contributed by atoms with Crippen LogP contribution in [0.15, 0.2) is 77.5 Å². The lowest BCUT2D eigenvalue weighted by Crippen LogP contribution is -1.90. The second kappa shape index (κ2) is 4.87. The number of benzene rings is 2. The van der Waals surface area contributed by atoms with Gasteiger partial charge in [0.25, 0.3) is 0 Å². The average molecular weight is 272 g/mol. The van der Waals surface area contributed by atoms with E-state index in [-0.39, 0.29) is 0 Å². The van der Waals surface area contributed by atoms with Gasteiger partial charge in [0.05, 0.1) is 29.2 Å². The van der Waals surface area contributed by atoms with Crippen LogP contribution in [0.1, 0.15) is 0 Å². The highest BCUT2D eigenvalue weighted by Crippen LogP contribution is 2.31. The minimum absolute atomic E-state index is 0.834. The first-order chi connectivity index (χ1) is 10.4. The van der Waals surface area contributed by atoms with Crippen molar-refractivity contribution in [2.45, 2.75) is 0 Å². The normalized spacial score (nSPS) is 10.9. The Hall–Kier alpha value is -2.94. The van der Waals surface area contributed by atoms with Crippen molar-refractivity contribution in [3.63, 3.8) is 0 Å². The van der Waals surface area contributed by atoms with Gasteiger partial charge in [-0.25, -0.2) is 4.98 Å². The molecule has 0 spiro atoms. The van der Waals surface area contributed by atoms with Crippen LogP contribution in [0.3, 0.4) is 0 Å². The smallest absolute Gasteiger partial charge is 0.134 e. The molecule has 0 atom stereocenters. The van der Waals surface area contributed by atoms with Crippen LogP contribution in [-0.4, -0.2) is 9.97 Å². The zero-order valence-electron chi connectivity index (χ0n) is 11.2. The maximum Gasteiger partial charge on any atom is 0.134 e. The number of aromatic nitrogens is 2. The highest BCUT2D eigenvalue weighted by molar-refractivity contribution is 5.82. The van der Waals surface area contributed by atoms with Crippen LogP contribution < -0.4 is 0 Å². The lowest BCUT2D eigenvalue weighted by Gasteiger charge is -2.07. The van der Waals surface area contributed by atoms with Gasteiger partial charge in [0.1, 0.15) is 5.76 Å². The molecule has 2 heterocycles. The summed E-state index contributed by atoms with van der Waals surface area (Å²) in [5.74, 6) is 0.834. The predicted octanol–water partition coefficient (Wildman–Crippen LogP) is 4.56. The molecular weight excluding hydrogens is 260 g/mol. The average Bonchev–Trinajstić information content (AvgIpc) is 3.09. The number of fused-ring (bicyclic) bond motifs is 1. The number of hydrogen-bond donors (Lipinski definition) is 0. The topological polar surface area (TPSA) is 38.9 Å². The Bertz CT molecular complexity index is 898. The maximum absolute atomic E-state index is 5.52. The molecule has 0 aliphatic rings. The quantitative estimate of drug-likeness (QED) is 0.537. The predicted molar refractivity (Wildman–Crippen MR) is 82.7 cm³/mol. The molecule has 0 N–H and O–H groups in total. The molecule has 3 nitrogen and oxygen atoms in total. The Morgan fingerprint density at radius 1 is 0.714 bits per heavy atom. The second-order valence-corrected chi connectivity index (χ2v) is 4.77. The van der Waals surface area contributed by atoms with Crippen molar-refractivity contribution >= 4 is 11.0 Å². The Morgan fingerprint density at radius 2 is 1.48 bits per heavy atom. The van der Waals surface area contributed by atoms with Crippen LogP contribution >= 0.6 is 0 Å².